The fourth-order valence-corrected chi connectivity index (χ4v) is 4.25. The molecule has 0 aromatic rings. The third kappa shape index (κ3) is 58.8. The van der Waals surface area contributed by atoms with E-state index in [1.165, 1.54) is 6.26 Å². The Hall–Kier alpha value is -1.22. The first-order valence-electron chi connectivity index (χ1n) is 21.9. The van der Waals surface area contributed by atoms with Gasteiger partial charge in [0, 0.05) is 6.61 Å². The van der Waals surface area contributed by atoms with Gasteiger partial charge in [0.15, 0.2) is 0 Å². The molecule has 0 heterocycles. The molecule has 1 radical (unpaired) electrons. The smallest absolute Gasteiger partial charge is 0.111 e. The van der Waals surface area contributed by atoms with Crippen LogP contribution in [0.25, 0.3) is 0 Å². The zero-order valence-corrected chi connectivity index (χ0v) is 37.7. The molecule has 0 unspecified atom stereocenters. The molecule has 0 saturated heterocycles. The highest BCUT2D eigenvalue weighted by Crippen LogP contribution is 1.90. The summed E-state index contributed by atoms with van der Waals surface area (Å²) in [6.07, 6.45) is 1.39. The molecule has 0 aromatic heterocycles. The maximum Gasteiger partial charge on any atom is 0.111 e. The lowest BCUT2D eigenvalue weighted by Gasteiger charge is -2.09. The van der Waals surface area contributed by atoms with Crippen molar-refractivity contribution in [1.82, 2.24) is 0 Å². The van der Waals surface area contributed by atoms with Crippen LogP contribution < -0.4 is 0 Å². The maximum absolute atomic E-state index is 5.51. The third-order valence-corrected chi connectivity index (χ3v) is 7.30. The van der Waals surface area contributed by atoms with E-state index in [0.717, 1.165) is 0 Å². The van der Waals surface area contributed by atoms with E-state index in [9.17, 15) is 0 Å². The summed E-state index contributed by atoms with van der Waals surface area (Å²) in [6, 6.07) is 0. The second-order valence-electron chi connectivity index (χ2n) is 12.2. The van der Waals surface area contributed by atoms with Crippen LogP contribution in [0.3, 0.4) is 0 Å². The molecule has 0 atom stereocenters. The lowest BCUT2D eigenvalue weighted by Crippen LogP contribution is -2.16. The topological polar surface area (TPSA) is 185 Å². The van der Waals surface area contributed by atoms with Crippen LogP contribution in [0, 0.1) is 6.92 Å². The van der Waals surface area contributed by atoms with E-state index in [2.05, 4.69) is 13.5 Å². The van der Waals surface area contributed by atoms with E-state index in [-0.39, 0.29) is 0 Å². The Morgan fingerprint density at radius 3 is 0.403 bits per heavy atom. The summed E-state index contributed by atoms with van der Waals surface area (Å²) in [5.41, 5.74) is 0. The Morgan fingerprint density at radius 1 is 0.177 bits per heavy atom. The Bertz CT molecular complexity index is 793. The van der Waals surface area contributed by atoms with Crippen molar-refractivity contribution in [1.29, 1.82) is 0 Å². The number of rotatable bonds is 59. The molecule has 0 fully saturated rings. The van der Waals surface area contributed by atoms with E-state index < -0.39 is 0 Å². The van der Waals surface area contributed by atoms with Gasteiger partial charge < -0.3 is 94.7 Å². The molecular formula is C42H83O20. The number of hydrogen-bond donors (Lipinski definition) is 0. The monoisotopic (exact) mass is 908 g/mol. The molecule has 62 heavy (non-hydrogen) atoms. The molecule has 0 aromatic carbocycles. The Balaban J connectivity index is 3.06. The molecule has 0 aliphatic carbocycles. The van der Waals surface area contributed by atoms with Crippen molar-refractivity contribution >= 4 is 0 Å². The van der Waals surface area contributed by atoms with Crippen molar-refractivity contribution in [3.8, 4) is 0 Å². The van der Waals surface area contributed by atoms with Crippen LogP contribution >= 0.6 is 0 Å². The van der Waals surface area contributed by atoms with Crippen molar-refractivity contribution in [3.05, 3.63) is 19.8 Å². The van der Waals surface area contributed by atoms with Gasteiger partial charge in [0.2, 0.25) is 0 Å². The van der Waals surface area contributed by atoms with Crippen LogP contribution in [-0.4, -0.2) is 258 Å². The summed E-state index contributed by atoms with van der Waals surface area (Å²) < 4.78 is 108. The van der Waals surface area contributed by atoms with Crippen LogP contribution in [0.5, 0.6) is 0 Å². The SMILES string of the molecule is [CH2]COCCOCCOCCOCCOCCOCCOCCOCCOCCOCCOCCOCCOCCOCCOCCOCCOCCOCCOCCOC=C. The van der Waals surface area contributed by atoms with E-state index in [4.69, 9.17) is 94.7 Å². The minimum Gasteiger partial charge on any atom is -0.499 e. The molecule has 0 aliphatic rings. The molecular weight excluding hydrogens is 824 g/mol. The molecule has 371 valence electrons. The van der Waals surface area contributed by atoms with Crippen molar-refractivity contribution in [3.63, 3.8) is 0 Å². The molecule has 20 heteroatoms. The zero-order chi connectivity index (χ0) is 44.4. The van der Waals surface area contributed by atoms with Gasteiger partial charge in [0.25, 0.3) is 0 Å². The molecule has 0 aliphatic heterocycles. The third-order valence-electron chi connectivity index (χ3n) is 7.30. The quantitative estimate of drug-likeness (QED) is 0.0628. The van der Waals surface area contributed by atoms with Crippen LogP contribution in [0.4, 0.5) is 0 Å². The molecule has 0 rings (SSSR count). The highest BCUT2D eigenvalue weighted by molar-refractivity contribution is 4.48. The fourth-order valence-electron chi connectivity index (χ4n) is 4.25. The van der Waals surface area contributed by atoms with Gasteiger partial charge in [-0.15, -0.1) is 0 Å². The highest BCUT2D eigenvalue weighted by atomic mass is 16.6. The normalized spacial score (nSPS) is 11.6. The fraction of sp³-hybridized carbons (Fsp3) is 0.929. The first-order valence-corrected chi connectivity index (χ1v) is 21.9. The summed E-state index contributed by atoms with van der Waals surface area (Å²) in [7, 11) is 0. The van der Waals surface area contributed by atoms with Crippen molar-refractivity contribution < 1.29 is 94.7 Å². The van der Waals surface area contributed by atoms with Crippen LogP contribution in [-0.2, 0) is 94.7 Å². The van der Waals surface area contributed by atoms with Gasteiger partial charge in [-0.05, 0) is 6.92 Å². The molecule has 0 amide bonds. The predicted molar refractivity (Wildman–Crippen MR) is 227 cm³/mol. The van der Waals surface area contributed by atoms with Gasteiger partial charge in [0.1, 0.15) is 6.61 Å². The van der Waals surface area contributed by atoms with Crippen molar-refractivity contribution in [2.45, 2.75) is 0 Å². The van der Waals surface area contributed by atoms with E-state index in [1.807, 2.05) is 0 Å². The van der Waals surface area contributed by atoms with Gasteiger partial charge in [-0.3, -0.25) is 0 Å². The second kappa shape index (κ2) is 59.8. The first kappa shape index (κ1) is 60.8. The summed E-state index contributed by atoms with van der Waals surface area (Å²) in [6.45, 7) is 26.7. The van der Waals surface area contributed by atoms with Gasteiger partial charge in [-0.25, -0.2) is 0 Å². The summed E-state index contributed by atoms with van der Waals surface area (Å²) in [4.78, 5) is 0. The van der Waals surface area contributed by atoms with Gasteiger partial charge >= 0.3 is 0 Å². The molecule has 0 saturated carbocycles. The van der Waals surface area contributed by atoms with Crippen LogP contribution in [0.1, 0.15) is 0 Å². The summed E-state index contributed by atoms with van der Waals surface area (Å²) in [5, 5.41) is 0. The number of ether oxygens (including phenoxy) is 20. The second-order valence-corrected chi connectivity index (χ2v) is 12.2. The van der Waals surface area contributed by atoms with E-state index in [0.29, 0.717) is 258 Å². The van der Waals surface area contributed by atoms with E-state index >= 15 is 0 Å². The lowest BCUT2D eigenvalue weighted by molar-refractivity contribution is -0.0312. The molecule has 0 bridgehead atoms. The molecule has 20 nitrogen and oxygen atoms in total. The average Bonchev–Trinajstić information content (AvgIpc) is 3.28. The number of hydrogen-bond acceptors (Lipinski definition) is 20. The van der Waals surface area contributed by atoms with Crippen molar-refractivity contribution in [2.75, 3.05) is 258 Å². The minimum absolute atomic E-state index is 0.455. The predicted octanol–water partition coefficient (Wildman–Crippen LogP) is 1.30. The van der Waals surface area contributed by atoms with Gasteiger partial charge in [-0.2, -0.15) is 0 Å². The summed E-state index contributed by atoms with van der Waals surface area (Å²) in [5.74, 6) is 0. The van der Waals surface area contributed by atoms with Gasteiger partial charge in [0.05, 0.1) is 251 Å². The summed E-state index contributed by atoms with van der Waals surface area (Å²) >= 11 is 0. The van der Waals surface area contributed by atoms with Crippen LogP contribution in [0.2, 0.25) is 0 Å². The van der Waals surface area contributed by atoms with Crippen LogP contribution in [0.15, 0.2) is 12.8 Å². The van der Waals surface area contributed by atoms with Crippen molar-refractivity contribution in [2.24, 2.45) is 0 Å². The van der Waals surface area contributed by atoms with Gasteiger partial charge in [-0.1, -0.05) is 6.58 Å². The molecule has 0 spiro atoms. The highest BCUT2D eigenvalue weighted by Gasteiger charge is 1.99. The molecule has 0 N–H and O–H groups in total. The first-order chi connectivity index (χ1) is 30.9. The van der Waals surface area contributed by atoms with E-state index in [1.54, 1.807) is 0 Å². The largest absolute Gasteiger partial charge is 0.499 e. The Kier molecular flexibility index (Phi) is 58.6. The Labute approximate surface area is 371 Å². The Morgan fingerprint density at radius 2 is 0.290 bits per heavy atom. The lowest BCUT2D eigenvalue weighted by atomic mass is 10.6. The zero-order valence-electron chi connectivity index (χ0n) is 37.7. The maximum atomic E-state index is 5.51. The standard InChI is InChI=1S/C42H83O20/c1-3-43-5-7-45-9-11-47-13-15-49-17-19-51-21-23-53-25-27-55-29-31-57-33-35-59-37-39-61-41-42-62-40-38-60-36-34-58-32-30-56-28-26-54-24-22-52-20-18-50-16-14-48-12-10-46-8-6-44-4-2/h3H,1-2,4-42H2. The minimum atomic E-state index is 0.455. The average molecular weight is 908 g/mol.